The predicted molar refractivity (Wildman–Crippen MR) is 90.7 cm³/mol. The van der Waals surface area contributed by atoms with Gasteiger partial charge in [0.15, 0.2) is 0 Å². The van der Waals surface area contributed by atoms with Gasteiger partial charge < -0.3 is 5.11 Å². The molecule has 0 aliphatic carbocycles. The van der Waals surface area contributed by atoms with E-state index in [-0.39, 0.29) is 11.4 Å². The minimum absolute atomic E-state index is 0.0121. The maximum atomic E-state index is 12.2. The summed E-state index contributed by atoms with van der Waals surface area (Å²) < 4.78 is 3.23. The summed E-state index contributed by atoms with van der Waals surface area (Å²) >= 11 is 5.87. The Morgan fingerprint density at radius 3 is 2.70 bits per heavy atom. The van der Waals surface area contributed by atoms with Gasteiger partial charge in [-0.2, -0.15) is 8.97 Å². The van der Waals surface area contributed by atoms with Crippen LogP contribution in [0.3, 0.4) is 0 Å². The lowest BCUT2D eigenvalue weighted by Crippen LogP contribution is -2.40. The number of allylic oxidation sites excluding steroid dienone is 1. The van der Waals surface area contributed by atoms with Crippen LogP contribution in [-0.4, -0.2) is 9.51 Å². The van der Waals surface area contributed by atoms with Gasteiger partial charge in [-0.3, -0.25) is 0 Å². The van der Waals surface area contributed by atoms with Crippen molar-refractivity contribution < 1.29 is 9.67 Å². The van der Waals surface area contributed by atoms with Crippen molar-refractivity contribution in [2.45, 2.75) is 13.5 Å². The second-order valence-corrected chi connectivity index (χ2v) is 5.68. The first kappa shape index (κ1) is 15.3. The van der Waals surface area contributed by atoms with Gasteiger partial charge >= 0.3 is 5.56 Å². The van der Waals surface area contributed by atoms with E-state index in [9.17, 15) is 9.90 Å². The van der Waals surface area contributed by atoms with Crippen LogP contribution in [0, 0.1) is 6.92 Å². The molecule has 1 N–H and O–H groups in total. The second-order valence-electron chi connectivity index (χ2n) is 5.25. The van der Waals surface area contributed by atoms with Gasteiger partial charge in [0.05, 0.1) is 6.20 Å². The maximum absolute atomic E-state index is 12.2. The molecule has 1 aromatic carbocycles. The number of aromatic nitrogens is 2. The third-order valence-electron chi connectivity index (χ3n) is 3.71. The van der Waals surface area contributed by atoms with E-state index in [0.717, 1.165) is 5.56 Å². The Labute approximate surface area is 138 Å². The molecule has 0 spiro atoms. The maximum Gasteiger partial charge on any atom is 0.349 e. The van der Waals surface area contributed by atoms with E-state index in [1.54, 1.807) is 29.8 Å². The van der Waals surface area contributed by atoms with Crippen molar-refractivity contribution in [1.82, 2.24) is 4.40 Å². The predicted octanol–water partition coefficient (Wildman–Crippen LogP) is 2.97. The Kier molecular flexibility index (Phi) is 4.17. The number of hydrogen-bond acceptors (Lipinski definition) is 2. The molecule has 3 rings (SSSR count). The fraction of sp³-hybridized carbons (Fsp3) is 0.111. The first-order chi connectivity index (χ1) is 11.1. The van der Waals surface area contributed by atoms with Gasteiger partial charge in [-0.1, -0.05) is 35.9 Å². The van der Waals surface area contributed by atoms with Crippen LogP contribution in [0.25, 0.3) is 11.7 Å². The lowest BCUT2D eigenvalue weighted by Gasteiger charge is -2.05. The molecule has 0 aliphatic heterocycles. The third-order valence-corrected chi connectivity index (χ3v) is 3.97. The number of fused-ring (bicyclic) bond motifs is 1. The molecule has 0 aliphatic rings. The summed E-state index contributed by atoms with van der Waals surface area (Å²) in [7, 11) is 0. The van der Waals surface area contributed by atoms with Gasteiger partial charge in [0, 0.05) is 11.1 Å². The minimum Gasteiger partial charge on any atom is -0.477 e. The van der Waals surface area contributed by atoms with Crippen LogP contribution < -0.4 is 10.1 Å². The van der Waals surface area contributed by atoms with E-state index >= 15 is 0 Å². The standard InChI is InChI=1S/C18H15ClN2O2/c1-13-17(22)20-11-3-2-6-16(20)21(18(13)23)12-4-5-14-7-9-15(19)10-8-14/h2-11H,12H2,1H3/p+1/b5-4+. The Morgan fingerprint density at radius 2 is 1.96 bits per heavy atom. The van der Waals surface area contributed by atoms with Gasteiger partial charge in [-0.15, -0.1) is 0 Å². The van der Waals surface area contributed by atoms with Gasteiger partial charge in [0.2, 0.25) is 0 Å². The number of rotatable bonds is 3. The molecule has 0 saturated heterocycles. The highest BCUT2D eigenvalue weighted by molar-refractivity contribution is 6.30. The summed E-state index contributed by atoms with van der Waals surface area (Å²) in [6, 6.07) is 12.9. The number of benzene rings is 1. The topological polar surface area (TPSA) is 45.6 Å². The van der Waals surface area contributed by atoms with Crippen LogP contribution in [-0.2, 0) is 6.54 Å². The zero-order chi connectivity index (χ0) is 16.4. The molecule has 0 saturated carbocycles. The molecule has 2 aromatic heterocycles. The highest BCUT2D eigenvalue weighted by Crippen LogP contribution is 2.11. The molecule has 3 aromatic rings. The molecule has 5 heteroatoms. The SMILES string of the molecule is Cc1c(O)[n+](C/C=C/c2ccc(Cl)cc2)c2ccccn2c1=O. The van der Waals surface area contributed by atoms with E-state index in [4.69, 9.17) is 11.6 Å². The van der Waals surface area contributed by atoms with Gasteiger partial charge in [0.1, 0.15) is 12.1 Å². The van der Waals surface area contributed by atoms with Crippen LogP contribution in [0.1, 0.15) is 11.1 Å². The molecule has 0 unspecified atom stereocenters. The smallest absolute Gasteiger partial charge is 0.349 e. The van der Waals surface area contributed by atoms with Crippen LogP contribution in [0.15, 0.2) is 59.5 Å². The lowest BCUT2D eigenvalue weighted by molar-refractivity contribution is -0.671. The number of aromatic hydroxyl groups is 1. The van der Waals surface area contributed by atoms with Crippen LogP contribution in [0.5, 0.6) is 5.88 Å². The first-order valence-electron chi connectivity index (χ1n) is 7.23. The zero-order valence-electron chi connectivity index (χ0n) is 12.6. The highest BCUT2D eigenvalue weighted by Gasteiger charge is 2.19. The van der Waals surface area contributed by atoms with Crippen LogP contribution in [0.2, 0.25) is 5.02 Å². The van der Waals surface area contributed by atoms with E-state index in [1.807, 2.05) is 42.5 Å². The Balaban J connectivity index is 2.00. The summed E-state index contributed by atoms with van der Waals surface area (Å²) in [4.78, 5) is 12.2. The first-order valence-corrected chi connectivity index (χ1v) is 7.60. The summed E-state index contributed by atoms with van der Waals surface area (Å²) in [5.41, 5.74) is 1.77. The van der Waals surface area contributed by atoms with Crippen molar-refractivity contribution in [1.29, 1.82) is 0 Å². The fourth-order valence-corrected chi connectivity index (χ4v) is 2.59. The number of halogens is 1. The highest BCUT2D eigenvalue weighted by atomic mass is 35.5. The van der Waals surface area contributed by atoms with Crippen molar-refractivity contribution >= 4 is 23.3 Å². The van der Waals surface area contributed by atoms with Crippen molar-refractivity contribution in [3.05, 3.63) is 81.2 Å². The van der Waals surface area contributed by atoms with E-state index < -0.39 is 0 Å². The quantitative estimate of drug-likeness (QED) is 0.752. The molecule has 23 heavy (non-hydrogen) atoms. The lowest BCUT2D eigenvalue weighted by atomic mass is 10.2. The van der Waals surface area contributed by atoms with Crippen LogP contribution >= 0.6 is 11.6 Å². The van der Waals surface area contributed by atoms with Gasteiger partial charge in [-0.05, 0) is 36.8 Å². The summed E-state index contributed by atoms with van der Waals surface area (Å²) in [5, 5.41) is 11.0. The number of pyridine rings is 1. The molecule has 0 amide bonds. The molecule has 4 nitrogen and oxygen atoms in total. The van der Waals surface area contributed by atoms with Gasteiger partial charge in [-0.25, -0.2) is 4.79 Å². The largest absolute Gasteiger partial charge is 0.477 e. The van der Waals surface area contributed by atoms with E-state index in [1.165, 1.54) is 4.40 Å². The zero-order valence-corrected chi connectivity index (χ0v) is 13.4. The molecule has 116 valence electrons. The molecule has 0 bridgehead atoms. The van der Waals surface area contributed by atoms with Crippen molar-refractivity contribution in [2.75, 3.05) is 0 Å². The normalized spacial score (nSPS) is 11.4. The van der Waals surface area contributed by atoms with Gasteiger partial charge in [0.25, 0.3) is 11.5 Å². The molecule has 0 fully saturated rings. The van der Waals surface area contributed by atoms with E-state index in [2.05, 4.69) is 0 Å². The van der Waals surface area contributed by atoms with Crippen molar-refractivity contribution in [2.24, 2.45) is 0 Å². The Morgan fingerprint density at radius 1 is 1.22 bits per heavy atom. The average molecular weight is 328 g/mol. The van der Waals surface area contributed by atoms with Crippen molar-refractivity contribution in [3.8, 4) is 5.88 Å². The summed E-state index contributed by atoms with van der Waals surface area (Å²) in [5.74, 6) is -0.0121. The van der Waals surface area contributed by atoms with E-state index in [0.29, 0.717) is 22.8 Å². The molecular weight excluding hydrogens is 312 g/mol. The summed E-state index contributed by atoms with van der Waals surface area (Å²) in [6.45, 7) is 2.07. The Hall–Kier alpha value is -2.59. The molecular formula is C18H16ClN2O2+. The van der Waals surface area contributed by atoms with Crippen LogP contribution in [0.4, 0.5) is 0 Å². The molecule has 0 atom stereocenters. The number of nitrogens with zero attached hydrogens (tertiary/aromatic N) is 2. The number of hydrogen-bond donors (Lipinski definition) is 1. The summed E-state index contributed by atoms with van der Waals surface area (Å²) in [6.07, 6.45) is 5.58. The third kappa shape index (κ3) is 2.98. The monoisotopic (exact) mass is 327 g/mol. The van der Waals surface area contributed by atoms with Crippen molar-refractivity contribution in [3.63, 3.8) is 0 Å². The molecule has 0 radical (unpaired) electrons. The average Bonchev–Trinajstić information content (AvgIpc) is 2.57. The molecule has 2 heterocycles. The second kappa shape index (κ2) is 6.26. The minimum atomic E-state index is -0.212. The Bertz CT molecular complexity index is 944. The fourth-order valence-electron chi connectivity index (χ4n) is 2.46.